The zero-order valence-electron chi connectivity index (χ0n) is 11.1. The predicted molar refractivity (Wildman–Crippen MR) is 77.8 cm³/mol. The summed E-state index contributed by atoms with van der Waals surface area (Å²) >= 11 is 3.37. The number of hydrogen-bond donors (Lipinski definition) is 2. The number of carboxylic acids is 1. The number of furan rings is 1. The molecule has 2 N–H and O–H groups in total. The van der Waals surface area contributed by atoms with Gasteiger partial charge in [-0.05, 0) is 32.0 Å². The summed E-state index contributed by atoms with van der Waals surface area (Å²) in [5, 5.41) is 12.2. The molecule has 5 nitrogen and oxygen atoms in total. The summed E-state index contributed by atoms with van der Waals surface area (Å²) in [7, 11) is 0. The number of hydrogen-bond acceptors (Lipinski definition) is 3. The van der Waals surface area contributed by atoms with Crippen molar-refractivity contribution in [2.24, 2.45) is 0 Å². The number of benzene rings is 1. The van der Waals surface area contributed by atoms with Crippen LogP contribution >= 0.6 is 15.9 Å². The van der Waals surface area contributed by atoms with Crippen LogP contribution in [0.2, 0.25) is 0 Å². The Morgan fingerprint density at radius 3 is 2.80 bits per heavy atom. The first-order valence-electron chi connectivity index (χ1n) is 6.09. The smallest absolute Gasteiger partial charge is 0.305 e. The molecule has 1 amide bonds. The summed E-state index contributed by atoms with van der Waals surface area (Å²) in [6.07, 6.45) is -0.128. The highest BCUT2D eigenvalue weighted by atomic mass is 79.9. The lowest BCUT2D eigenvalue weighted by Gasteiger charge is -2.10. The summed E-state index contributed by atoms with van der Waals surface area (Å²) < 4.78 is 6.44. The van der Waals surface area contributed by atoms with E-state index >= 15 is 0 Å². The van der Waals surface area contributed by atoms with Crippen LogP contribution in [0.4, 0.5) is 0 Å². The molecular formula is C14H14BrNO4. The van der Waals surface area contributed by atoms with E-state index in [1.807, 2.05) is 12.1 Å². The summed E-state index contributed by atoms with van der Waals surface area (Å²) in [5.74, 6) is -1.14. The average Bonchev–Trinajstić information content (AvgIpc) is 2.65. The van der Waals surface area contributed by atoms with E-state index in [4.69, 9.17) is 9.52 Å². The first kappa shape index (κ1) is 14.6. The molecule has 2 aromatic rings. The van der Waals surface area contributed by atoms with Crippen molar-refractivity contribution in [2.45, 2.75) is 26.3 Å². The maximum Gasteiger partial charge on any atom is 0.305 e. The van der Waals surface area contributed by atoms with E-state index in [-0.39, 0.29) is 12.2 Å². The Labute approximate surface area is 124 Å². The molecule has 0 spiro atoms. The van der Waals surface area contributed by atoms with Crippen LogP contribution in [0.5, 0.6) is 0 Å². The number of aryl methyl sites for hydroxylation is 1. The monoisotopic (exact) mass is 339 g/mol. The molecule has 1 atom stereocenters. The fourth-order valence-corrected chi connectivity index (χ4v) is 2.37. The third-order valence-electron chi connectivity index (χ3n) is 2.96. The van der Waals surface area contributed by atoms with Crippen molar-refractivity contribution >= 4 is 38.8 Å². The van der Waals surface area contributed by atoms with E-state index in [1.165, 1.54) is 0 Å². The molecule has 0 saturated heterocycles. The normalized spacial score (nSPS) is 12.3. The van der Waals surface area contributed by atoms with Crippen LogP contribution in [0.3, 0.4) is 0 Å². The summed E-state index contributed by atoms with van der Waals surface area (Å²) in [5.41, 5.74) is 1.36. The van der Waals surface area contributed by atoms with Crippen LogP contribution in [0.1, 0.15) is 29.5 Å². The molecule has 1 heterocycles. The molecule has 6 heteroatoms. The Morgan fingerprint density at radius 1 is 1.45 bits per heavy atom. The van der Waals surface area contributed by atoms with Crippen LogP contribution in [0.25, 0.3) is 11.0 Å². The number of carbonyl (C=O) groups excluding carboxylic acids is 1. The Balaban J connectivity index is 2.26. The van der Waals surface area contributed by atoms with Crippen molar-refractivity contribution in [3.8, 4) is 0 Å². The molecule has 0 saturated carbocycles. The zero-order chi connectivity index (χ0) is 14.9. The molecule has 20 heavy (non-hydrogen) atoms. The molecule has 0 radical (unpaired) electrons. The molecule has 1 unspecified atom stereocenters. The van der Waals surface area contributed by atoms with E-state index in [2.05, 4.69) is 21.2 Å². The molecule has 0 aliphatic carbocycles. The largest absolute Gasteiger partial charge is 0.481 e. The number of rotatable bonds is 4. The van der Waals surface area contributed by atoms with Gasteiger partial charge in [0.05, 0.1) is 6.42 Å². The Morgan fingerprint density at radius 2 is 2.15 bits per heavy atom. The number of nitrogens with one attached hydrogen (secondary N) is 1. The van der Waals surface area contributed by atoms with Gasteiger partial charge in [-0.1, -0.05) is 15.9 Å². The van der Waals surface area contributed by atoms with Crippen molar-refractivity contribution < 1.29 is 19.1 Å². The zero-order valence-corrected chi connectivity index (χ0v) is 12.7. The standard InChI is InChI=1S/C14H14BrNO4/c1-7(5-12(17)18)16-14(19)13-8(2)10-6-9(15)3-4-11(10)20-13/h3-4,6-7H,5H2,1-2H3,(H,16,19)(H,17,18). The van der Waals surface area contributed by atoms with E-state index in [0.717, 1.165) is 15.4 Å². The second-order valence-corrected chi connectivity index (χ2v) is 5.58. The van der Waals surface area contributed by atoms with Crippen molar-refractivity contribution in [1.29, 1.82) is 0 Å². The highest BCUT2D eigenvalue weighted by Crippen LogP contribution is 2.28. The van der Waals surface area contributed by atoms with Gasteiger partial charge in [0.2, 0.25) is 0 Å². The average molecular weight is 340 g/mol. The predicted octanol–water partition coefficient (Wildman–Crippen LogP) is 3.10. The van der Waals surface area contributed by atoms with Crippen molar-refractivity contribution in [1.82, 2.24) is 5.32 Å². The minimum Gasteiger partial charge on any atom is -0.481 e. The summed E-state index contributed by atoms with van der Waals surface area (Å²) in [4.78, 5) is 22.7. The maximum absolute atomic E-state index is 12.1. The fourth-order valence-electron chi connectivity index (χ4n) is 2.01. The molecule has 106 valence electrons. The Hall–Kier alpha value is -1.82. The molecular weight excluding hydrogens is 326 g/mol. The quantitative estimate of drug-likeness (QED) is 0.896. The van der Waals surface area contributed by atoms with E-state index in [0.29, 0.717) is 5.58 Å². The number of aliphatic carboxylic acids is 1. The van der Waals surface area contributed by atoms with Crippen molar-refractivity contribution in [2.75, 3.05) is 0 Å². The third-order valence-corrected chi connectivity index (χ3v) is 3.46. The lowest BCUT2D eigenvalue weighted by atomic mass is 10.1. The lowest BCUT2D eigenvalue weighted by Crippen LogP contribution is -2.34. The molecule has 0 bridgehead atoms. The number of fused-ring (bicyclic) bond motifs is 1. The van der Waals surface area contributed by atoms with Gasteiger partial charge in [-0.15, -0.1) is 0 Å². The second kappa shape index (κ2) is 5.66. The van der Waals surface area contributed by atoms with Gasteiger partial charge >= 0.3 is 5.97 Å². The first-order chi connectivity index (χ1) is 9.38. The maximum atomic E-state index is 12.1. The van der Waals surface area contributed by atoms with Gasteiger partial charge in [-0.2, -0.15) is 0 Å². The third kappa shape index (κ3) is 3.01. The molecule has 0 fully saturated rings. The van der Waals surface area contributed by atoms with Crippen LogP contribution in [0.15, 0.2) is 27.1 Å². The lowest BCUT2D eigenvalue weighted by molar-refractivity contribution is -0.137. The minimum absolute atomic E-state index is 0.128. The number of amides is 1. The van der Waals surface area contributed by atoms with Gasteiger partial charge in [0, 0.05) is 21.5 Å². The number of carbonyl (C=O) groups is 2. The molecule has 0 aliphatic rings. The highest BCUT2D eigenvalue weighted by Gasteiger charge is 2.20. The number of carboxylic acid groups (broad SMARTS) is 1. The highest BCUT2D eigenvalue weighted by molar-refractivity contribution is 9.10. The molecule has 1 aromatic heterocycles. The van der Waals surface area contributed by atoms with E-state index in [9.17, 15) is 9.59 Å². The Bertz CT molecular complexity index is 677. The molecule has 2 rings (SSSR count). The van der Waals surface area contributed by atoms with Gasteiger partial charge in [0.15, 0.2) is 5.76 Å². The Kier molecular flexibility index (Phi) is 4.13. The minimum atomic E-state index is -0.956. The topological polar surface area (TPSA) is 79.5 Å². The first-order valence-corrected chi connectivity index (χ1v) is 6.89. The number of halogens is 1. The van der Waals surface area contributed by atoms with Crippen molar-refractivity contribution in [3.05, 3.63) is 34.0 Å². The van der Waals surface area contributed by atoms with E-state index < -0.39 is 17.9 Å². The second-order valence-electron chi connectivity index (χ2n) is 4.67. The van der Waals surface area contributed by atoms with Crippen LogP contribution in [-0.2, 0) is 4.79 Å². The van der Waals surface area contributed by atoms with Gasteiger partial charge in [0.1, 0.15) is 5.58 Å². The fraction of sp³-hybridized carbons (Fsp3) is 0.286. The van der Waals surface area contributed by atoms with Crippen LogP contribution in [0, 0.1) is 6.92 Å². The summed E-state index contributed by atoms with van der Waals surface area (Å²) in [6.45, 7) is 3.44. The van der Waals surface area contributed by atoms with Gasteiger partial charge in [-0.25, -0.2) is 0 Å². The van der Waals surface area contributed by atoms with Gasteiger partial charge in [0.25, 0.3) is 5.91 Å². The summed E-state index contributed by atoms with van der Waals surface area (Å²) in [6, 6.07) is 5.04. The van der Waals surface area contributed by atoms with Crippen LogP contribution in [-0.4, -0.2) is 23.0 Å². The SMILES string of the molecule is Cc1c(C(=O)NC(C)CC(=O)O)oc2ccc(Br)cc12. The molecule has 1 aromatic carbocycles. The van der Waals surface area contributed by atoms with Gasteiger partial charge < -0.3 is 14.8 Å². The van der Waals surface area contributed by atoms with Crippen LogP contribution < -0.4 is 5.32 Å². The van der Waals surface area contributed by atoms with Crippen molar-refractivity contribution in [3.63, 3.8) is 0 Å². The van der Waals surface area contributed by atoms with E-state index in [1.54, 1.807) is 19.9 Å². The van der Waals surface area contributed by atoms with Gasteiger partial charge in [-0.3, -0.25) is 9.59 Å². The molecule has 0 aliphatic heterocycles.